The number of piperidine rings is 1. The molecule has 1 aromatic rings. The molecule has 2 aliphatic rings. The highest BCUT2D eigenvalue weighted by Crippen LogP contribution is 2.43. The van der Waals surface area contributed by atoms with Gasteiger partial charge >= 0.3 is 0 Å². The SMILES string of the molecule is CCCN1CC2(CCN(C)CC2)CC1C(=O)NCCCc1ccncc1. The van der Waals surface area contributed by atoms with Crippen molar-refractivity contribution in [3.63, 3.8) is 0 Å². The summed E-state index contributed by atoms with van der Waals surface area (Å²) < 4.78 is 0. The number of likely N-dealkylation sites (tertiary alicyclic amines) is 2. The molecule has 5 heteroatoms. The highest BCUT2D eigenvalue weighted by molar-refractivity contribution is 5.82. The van der Waals surface area contributed by atoms with E-state index in [1.807, 2.05) is 24.5 Å². The molecule has 1 amide bonds. The van der Waals surface area contributed by atoms with Crippen molar-refractivity contribution < 1.29 is 4.79 Å². The van der Waals surface area contributed by atoms with Crippen LogP contribution in [0.1, 0.15) is 44.6 Å². The molecule has 0 bridgehead atoms. The van der Waals surface area contributed by atoms with Gasteiger partial charge in [-0.3, -0.25) is 14.7 Å². The van der Waals surface area contributed by atoms with E-state index in [0.29, 0.717) is 5.41 Å². The summed E-state index contributed by atoms with van der Waals surface area (Å²) in [5.74, 6) is 0.240. The third-order valence-electron chi connectivity index (χ3n) is 6.16. The van der Waals surface area contributed by atoms with Gasteiger partial charge in [-0.2, -0.15) is 0 Å². The Hall–Kier alpha value is -1.46. The standard InChI is InChI=1S/C21H34N4O/c1-3-13-25-17-21(8-14-24(2)15-9-21)16-19(25)20(26)23-10-4-5-18-6-11-22-12-7-18/h6-7,11-12,19H,3-5,8-10,13-17H2,1-2H3,(H,23,26). The Morgan fingerprint density at radius 1 is 1.31 bits per heavy atom. The Morgan fingerprint density at radius 2 is 2.04 bits per heavy atom. The predicted molar refractivity (Wildman–Crippen MR) is 105 cm³/mol. The molecule has 2 fully saturated rings. The van der Waals surface area contributed by atoms with Crippen molar-refractivity contribution in [2.24, 2.45) is 5.41 Å². The Bertz CT molecular complexity index is 569. The molecule has 0 aliphatic carbocycles. The van der Waals surface area contributed by atoms with Crippen molar-refractivity contribution in [1.29, 1.82) is 0 Å². The van der Waals surface area contributed by atoms with Crippen LogP contribution < -0.4 is 5.32 Å². The third-order valence-corrected chi connectivity index (χ3v) is 6.16. The van der Waals surface area contributed by atoms with Crippen molar-refractivity contribution in [2.75, 3.05) is 39.8 Å². The van der Waals surface area contributed by atoms with Crippen LogP contribution in [-0.2, 0) is 11.2 Å². The Morgan fingerprint density at radius 3 is 2.73 bits per heavy atom. The fraction of sp³-hybridized carbons (Fsp3) is 0.714. The van der Waals surface area contributed by atoms with E-state index in [0.717, 1.165) is 45.3 Å². The average molecular weight is 359 g/mol. The zero-order chi connectivity index (χ0) is 18.4. The van der Waals surface area contributed by atoms with Crippen LogP contribution in [0.2, 0.25) is 0 Å². The van der Waals surface area contributed by atoms with Crippen molar-refractivity contribution in [1.82, 2.24) is 20.1 Å². The van der Waals surface area contributed by atoms with Crippen LogP contribution in [0.15, 0.2) is 24.5 Å². The summed E-state index contributed by atoms with van der Waals surface area (Å²) in [6.45, 7) is 7.44. The zero-order valence-corrected chi connectivity index (χ0v) is 16.4. The minimum atomic E-state index is 0.0688. The van der Waals surface area contributed by atoms with E-state index in [9.17, 15) is 4.79 Å². The van der Waals surface area contributed by atoms with E-state index in [2.05, 4.69) is 34.1 Å². The van der Waals surface area contributed by atoms with Gasteiger partial charge in [-0.1, -0.05) is 6.92 Å². The van der Waals surface area contributed by atoms with E-state index in [4.69, 9.17) is 0 Å². The summed E-state index contributed by atoms with van der Waals surface area (Å²) in [6.07, 6.45) is 10.2. The molecule has 0 radical (unpaired) electrons. The number of carbonyl (C=O) groups excluding carboxylic acids is 1. The van der Waals surface area contributed by atoms with E-state index < -0.39 is 0 Å². The van der Waals surface area contributed by atoms with Gasteiger partial charge < -0.3 is 10.2 Å². The monoisotopic (exact) mass is 358 g/mol. The van der Waals surface area contributed by atoms with Crippen LogP contribution in [0.25, 0.3) is 0 Å². The van der Waals surface area contributed by atoms with Gasteiger partial charge in [-0.25, -0.2) is 0 Å². The second-order valence-corrected chi connectivity index (χ2v) is 8.24. The lowest BCUT2D eigenvalue weighted by Crippen LogP contribution is -2.43. The van der Waals surface area contributed by atoms with Crippen molar-refractivity contribution in [2.45, 2.75) is 51.5 Å². The molecule has 2 saturated heterocycles. The first-order valence-electron chi connectivity index (χ1n) is 10.2. The summed E-state index contributed by atoms with van der Waals surface area (Å²) in [5, 5.41) is 3.21. The minimum Gasteiger partial charge on any atom is -0.355 e. The molecule has 1 spiro atoms. The van der Waals surface area contributed by atoms with Crippen LogP contribution in [0.5, 0.6) is 0 Å². The van der Waals surface area contributed by atoms with Crippen molar-refractivity contribution >= 4 is 5.91 Å². The Labute approximate surface area is 158 Å². The zero-order valence-electron chi connectivity index (χ0n) is 16.4. The second kappa shape index (κ2) is 8.96. The molecule has 0 saturated carbocycles. The van der Waals surface area contributed by atoms with E-state index in [1.54, 1.807) is 0 Å². The molecule has 1 unspecified atom stereocenters. The van der Waals surface area contributed by atoms with Gasteiger partial charge in [0.1, 0.15) is 0 Å². The third kappa shape index (κ3) is 4.83. The quantitative estimate of drug-likeness (QED) is 0.760. The van der Waals surface area contributed by atoms with Gasteiger partial charge in [0, 0.05) is 25.5 Å². The number of hydrogen-bond donors (Lipinski definition) is 1. The molecular formula is C21H34N4O. The van der Waals surface area contributed by atoms with Crippen LogP contribution in [0.3, 0.4) is 0 Å². The number of rotatable bonds is 7. The minimum absolute atomic E-state index is 0.0688. The highest BCUT2D eigenvalue weighted by atomic mass is 16.2. The number of hydrogen-bond acceptors (Lipinski definition) is 4. The van der Waals surface area contributed by atoms with Crippen molar-refractivity contribution in [3.05, 3.63) is 30.1 Å². The van der Waals surface area contributed by atoms with Gasteiger partial charge in [0.05, 0.1) is 6.04 Å². The summed E-state index contributed by atoms with van der Waals surface area (Å²) in [6, 6.07) is 4.16. The molecule has 144 valence electrons. The normalized spacial score (nSPS) is 23.4. The first-order valence-corrected chi connectivity index (χ1v) is 10.2. The summed E-state index contributed by atoms with van der Waals surface area (Å²) >= 11 is 0. The maximum Gasteiger partial charge on any atom is 0.237 e. The van der Waals surface area contributed by atoms with Crippen molar-refractivity contribution in [3.8, 4) is 0 Å². The lowest BCUT2D eigenvalue weighted by molar-refractivity contribution is -0.125. The number of amides is 1. The maximum absolute atomic E-state index is 12.9. The molecular weight excluding hydrogens is 324 g/mol. The number of nitrogens with zero attached hydrogens (tertiary/aromatic N) is 3. The number of aryl methyl sites for hydroxylation is 1. The molecule has 26 heavy (non-hydrogen) atoms. The predicted octanol–water partition coefficient (Wildman–Crippen LogP) is 2.33. The van der Waals surface area contributed by atoms with Gasteiger partial charge in [0.25, 0.3) is 0 Å². The Balaban J connectivity index is 1.49. The van der Waals surface area contributed by atoms with Crippen LogP contribution >= 0.6 is 0 Å². The lowest BCUT2D eigenvalue weighted by Gasteiger charge is -2.37. The largest absolute Gasteiger partial charge is 0.355 e. The van der Waals surface area contributed by atoms with Crippen LogP contribution in [0.4, 0.5) is 0 Å². The second-order valence-electron chi connectivity index (χ2n) is 8.24. The van der Waals surface area contributed by atoms with E-state index in [1.165, 1.54) is 31.5 Å². The average Bonchev–Trinajstić information content (AvgIpc) is 3.01. The Kier molecular flexibility index (Phi) is 6.65. The molecule has 5 nitrogen and oxygen atoms in total. The fourth-order valence-corrected chi connectivity index (χ4v) is 4.55. The van der Waals surface area contributed by atoms with Crippen LogP contribution in [0, 0.1) is 5.41 Å². The van der Waals surface area contributed by atoms with Crippen LogP contribution in [-0.4, -0.2) is 66.5 Å². The molecule has 3 rings (SSSR count). The number of aromatic nitrogens is 1. The summed E-state index contributed by atoms with van der Waals surface area (Å²) in [7, 11) is 2.21. The first-order chi connectivity index (χ1) is 12.6. The highest BCUT2D eigenvalue weighted by Gasteiger charge is 2.47. The first kappa shape index (κ1) is 19.3. The van der Waals surface area contributed by atoms with E-state index in [-0.39, 0.29) is 11.9 Å². The molecule has 1 N–H and O–H groups in total. The molecule has 3 heterocycles. The van der Waals surface area contributed by atoms with Gasteiger partial charge in [-0.05, 0) is 88.3 Å². The van der Waals surface area contributed by atoms with Gasteiger partial charge in [-0.15, -0.1) is 0 Å². The number of nitrogens with one attached hydrogen (secondary N) is 1. The number of pyridine rings is 1. The van der Waals surface area contributed by atoms with E-state index >= 15 is 0 Å². The van der Waals surface area contributed by atoms with Gasteiger partial charge in [0.2, 0.25) is 5.91 Å². The molecule has 1 aromatic heterocycles. The molecule has 0 aromatic carbocycles. The maximum atomic E-state index is 12.9. The summed E-state index contributed by atoms with van der Waals surface area (Å²) in [4.78, 5) is 21.8. The molecule has 1 atom stereocenters. The number of carbonyl (C=O) groups is 1. The molecule has 2 aliphatic heterocycles. The van der Waals surface area contributed by atoms with Gasteiger partial charge in [0.15, 0.2) is 0 Å². The lowest BCUT2D eigenvalue weighted by atomic mass is 9.76. The summed E-state index contributed by atoms with van der Waals surface area (Å²) in [5.41, 5.74) is 1.65. The smallest absolute Gasteiger partial charge is 0.237 e. The topological polar surface area (TPSA) is 48.5 Å². The fourth-order valence-electron chi connectivity index (χ4n) is 4.55.